The van der Waals surface area contributed by atoms with Crippen LogP contribution in [0.3, 0.4) is 0 Å². The van der Waals surface area contributed by atoms with Crippen LogP contribution in [-0.2, 0) is 9.84 Å². The first-order chi connectivity index (χ1) is 9.87. The van der Waals surface area contributed by atoms with Crippen molar-refractivity contribution < 1.29 is 12.9 Å². The predicted octanol–water partition coefficient (Wildman–Crippen LogP) is 2.88. The Morgan fingerprint density at radius 3 is 2.71 bits per heavy atom. The summed E-state index contributed by atoms with van der Waals surface area (Å²) in [5.74, 6) is 1.76. The molecule has 1 aromatic heterocycles. The summed E-state index contributed by atoms with van der Waals surface area (Å²) in [6.07, 6.45) is 1.24. The van der Waals surface area contributed by atoms with E-state index in [0.717, 1.165) is 11.1 Å². The largest absolute Gasteiger partial charge is 0.338 e. The van der Waals surface area contributed by atoms with E-state index in [4.69, 9.17) is 4.52 Å². The van der Waals surface area contributed by atoms with E-state index in [1.807, 2.05) is 38.1 Å². The fourth-order valence-corrected chi connectivity index (χ4v) is 3.97. The Morgan fingerprint density at radius 1 is 1.33 bits per heavy atom. The maximum absolute atomic E-state index is 11.1. The summed E-state index contributed by atoms with van der Waals surface area (Å²) < 4.78 is 27.5. The summed E-state index contributed by atoms with van der Waals surface area (Å²) in [5, 5.41) is 3.98. The topological polar surface area (TPSA) is 73.1 Å². The fraction of sp³-hybridized carbons (Fsp3) is 0.429. The van der Waals surface area contributed by atoms with Gasteiger partial charge in [0.05, 0.1) is 11.0 Å². The van der Waals surface area contributed by atoms with Gasteiger partial charge >= 0.3 is 0 Å². The van der Waals surface area contributed by atoms with Crippen LogP contribution in [0.1, 0.15) is 23.6 Å². The second-order valence-corrected chi connectivity index (χ2v) is 8.62. The van der Waals surface area contributed by atoms with E-state index < -0.39 is 9.84 Å². The van der Waals surface area contributed by atoms with E-state index in [9.17, 15) is 8.42 Å². The molecule has 0 radical (unpaired) electrons. The number of hydrogen-bond donors (Lipinski definition) is 0. The van der Waals surface area contributed by atoms with Crippen molar-refractivity contribution in [2.45, 2.75) is 19.1 Å². The van der Waals surface area contributed by atoms with Gasteiger partial charge in [-0.1, -0.05) is 29.4 Å². The average Bonchev–Trinajstić information content (AvgIpc) is 2.87. The first-order valence-corrected chi connectivity index (χ1v) is 9.66. The van der Waals surface area contributed by atoms with Gasteiger partial charge in [0.25, 0.3) is 0 Å². The average molecular weight is 326 g/mol. The summed E-state index contributed by atoms with van der Waals surface area (Å²) >= 11 is 1.49. The van der Waals surface area contributed by atoms with Crippen LogP contribution in [0.15, 0.2) is 28.8 Å². The van der Waals surface area contributed by atoms with E-state index in [1.54, 1.807) is 0 Å². The van der Waals surface area contributed by atoms with E-state index in [2.05, 4.69) is 10.1 Å². The monoisotopic (exact) mass is 326 g/mol. The lowest BCUT2D eigenvalue weighted by atomic mass is 10.1. The molecule has 21 heavy (non-hydrogen) atoms. The number of rotatable bonds is 6. The van der Waals surface area contributed by atoms with Crippen molar-refractivity contribution >= 4 is 21.6 Å². The fourth-order valence-electron chi connectivity index (χ4n) is 1.78. The van der Waals surface area contributed by atoms with Crippen molar-refractivity contribution in [3.63, 3.8) is 0 Å². The number of sulfone groups is 1. The van der Waals surface area contributed by atoms with Crippen molar-refractivity contribution in [2.24, 2.45) is 0 Å². The molecule has 114 valence electrons. The minimum Gasteiger partial charge on any atom is -0.338 e. The molecule has 0 saturated heterocycles. The molecule has 2 aromatic rings. The Kier molecular flexibility index (Phi) is 5.05. The summed E-state index contributed by atoms with van der Waals surface area (Å²) in [4.78, 5) is 4.41. The molecule has 0 spiro atoms. The molecule has 0 N–H and O–H groups in total. The third-order valence-electron chi connectivity index (χ3n) is 3.00. The highest BCUT2D eigenvalue weighted by atomic mass is 32.2. The van der Waals surface area contributed by atoms with Crippen molar-refractivity contribution in [1.82, 2.24) is 10.1 Å². The summed E-state index contributed by atoms with van der Waals surface area (Å²) in [6.45, 7) is 3.93. The maximum atomic E-state index is 11.1. The highest BCUT2D eigenvalue weighted by Gasteiger charge is 2.17. The van der Waals surface area contributed by atoms with E-state index in [1.165, 1.54) is 18.0 Å². The molecule has 0 aliphatic rings. The van der Waals surface area contributed by atoms with Crippen molar-refractivity contribution in [1.29, 1.82) is 0 Å². The van der Waals surface area contributed by atoms with Gasteiger partial charge in [-0.25, -0.2) is 8.42 Å². The number of aromatic nitrogens is 2. The molecule has 0 amide bonds. The van der Waals surface area contributed by atoms with Crippen LogP contribution in [0.25, 0.3) is 11.4 Å². The Bertz CT molecular complexity index is 711. The quantitative estimate of drug-likeness (QED) is 0.812. The standard InChI is InChI=1S/C14H18N2O3S2/c1-10-6-4-5-7-12(10)13-15-14(19-16-13)11(2)20-8-9-21(3,17)18/h4-7,11H,8-9H2,1-3H3/t11-/m1/s1. The minimum absolute atomic E-state index is 0.0305. The van der Waals surface area contributed by atoms with Crippen LogP contribution in [0.2, 0.25) is 0 Å². The first-order valence-electron chi connectivity index (χ1n) is 6.56. The SMILES string of the molecule is Cc1ccccc1-c1noc([C@@H](C)SCCS(C)(=O)=O)n1. The number of benzene rings is 1. The van der Waals surface area contributed by atoms with Crippen LogP contribution in [0, 0.1) is 6.92 Å². The molecule has 0 saturated carbocycles. The summed E-state index contributed by atoms with van der Waals surface area (Å²) in [6, 6.07) is 7.84. The van der Waals surface area contributed by atoms with Gasteiger partial charge in [0.15, 0.2) is 0 Å². The van der Waals surface area contributed by atoms with Crippen molar-refractivity contribution in [2.75, 3.05) is 17.8 Å². The molecule has 7 heteroatoms. The Hall–Kier alpha value is -1.34. The molecule has 0 fully saturated rings. The second-order valence-electron chi connectivity index (χ2n) is 4.91. The zero-order valence-corrected chi connectivity index (χ0v) is 13.9. The summed E-state index contributed by atoms with van der Waals surface area (Å²) in [7, 11) is -2.93. The molecule has 1 atom stereocenters. The van der Waals surface area contributed by atoms with Gasteiger partial charge in [-0.05, 0) is 19.4 Å². The molecule has 0 aliphatic heterocycles. The van der Waals surface area contributed by atoms with E-state index in [0.29, 0.717) is 17.5 Å². The Balaban J connectivity index is 2.04. The number of nitrogens with zero attached hydrogens (tertiary/aromatic N) is 2. The van der Waals surface area contributed by atoms with E-state index >= 15 is 0 Å². The molecule has 0 unspecified atom stereocenters. The van der Waals surface area contributed by atoms with Crippen LogP contribution in [-0.4, -0.2) is 36.3 Å². The van der Waals surface area contributed by atoms with E-state index in [-0.39, 0.29) is 11.0 Å². The molecular weight excluding hydrogens is 308 g/mol. The zero-order valence-electron chi connectivity index (χ0n) is 12.2. The second kappa shape index (κ2) is 6.62. The van der Waals surface area contributed by atoms with Crippen LogP contribution >= 0.6 is 11.8 Å². The summed E-state index contributed by atoms with van der Waals surface area (Å²) in [5.41, 5.74) is 2.03. The maximum Gasteiger partial charge on any atom is 0.239 e. The third-order valence-corrected chi connectivity index (χ3v) is 5.34. The third kappa shape index (κ3) is 4.57. The molecular formula is C14H18N2O3S2. The van der Waals surface area contributed by atoms with Crippen molar-refractivity contribution in [3.8, 4) is 11.4 Å². The lowest BCUT2D eigenvalue weighted by Gasteiger charge is -2.05. The van der Waals surface area contributed by atoms with Gasteiger partial charge in [0.1, 0.15) is 9.84 Å². The highest BCUT2D eigenvalue weighted by molar-refractivity contribution is 8.00. The van der Waals surface area contributed by atoms with Crippen LogP contribution in [0.4, 0.5) is 0 Å². The molecule has 0 aliphatic carbocycles. The lowest BCUT2D eigenvalue weighted by molar-refractivity contribution is 0.381. The number of aryl methyl sites for hydroxylation is 1. The first kappa shape index (κ1) is 16.0. The molecule has 0 bridgehead atoms. The normalized spacial score (nSPS) is 13.3. The van der Waals surface area contributed by atoms with Crippen LogP contribution in [0.5, 0.6) is 0 Å². The van der Waals surface area contributed by atoms with Crippen molar-refractivity contribution in [3.05, 3.63) is 35.7 Å². The van der Waals surface area contributed by atoms with Gasteiger partial charge in [0, 0.05) is 17.6 Å². The predicted molar refractivity (Wildman–Crippen MR) is 85.1 cm³/mol. The van der Waals surface area contributed by atoms with Gasteiger partial charge in [-0.2, -0.15) is 4.98 Å². The molecule has 1 heterocycles. The molecule has 1 aromatic carbocycles. The van der Waals surface area contributed by atoms with Crippen LogP contribution < -0.4 is 0 Å². The van der Waals surface area contributed by atoms with Gasteiger partial charge in [-0.15, -0.1) is 11.8 Å². The number of hydrogen-bond acceptors (Lipinski definition) is 6. The minimum atomic E-state index is -2.93. The zero-order chi connectivity index (χ0) is 15.5. The lowest BCUT2D eigenvalue weighted by Crippen LogP contribution is -2.06. The molecule has 2 rings (SSSR count). The van der Waals surface area contributed by atoms with Gasteiger partial charge < -0.3 is 4.52 Å². The Morgan fingerprint density at radius 2 is 2.05 bits per heavy atom. The highest BCUT2D eigenvalue weighted by Crippen LogP contribution is 2.29. The van der Waals surface area contributed by atoms with Gasteiger partial charge in [-0.3, -0.25) is 0 Å². The molecule has 5 nitrogen and oxygen atoms in total. The van der Waals surface area contributed by atoms with Gasteiger partial charge in [0.2, 0.25) is 11.7 Å². The Labute approximate surface area is 129 Å². The number of thioether (sulfide) groups is 1. The smallest absolute Gasteiger partial charge is 0.239 e.